The van der Waals surface area contributed by atoms with E-state index in [1.165, 1.54) is 25.0 Å². The van der Waals surface area contributed by atoms with Gasteiger partial charge < -0.3 is 4.90 Å². The van der Waals surface area contributed by atoms with Crippen molar-refractivity contribution in [3.8, 4) is 0 Å². The van der Waals surface area contributed by atoms with E-state index in [9.17, 15) is 0 Å². The molecule has 0 radical (unpaired) electrons. The Hall–Kier alpha value is -0.720. The minimum absolute atomic E-state index is 0.345. The first-order valence-electron chi connectivity index (χ1n) is 7.28. The number of nitrogens with zero attached hydrogens (tertiary/aromatic N) is 1. The van der Waals surface area contributed by atoms with Gasteiger partial charge in [-0.15, -0.1) is 0 Å². The lowest BCUT2D eigenvalue weighted by Gasteiger charge is -2.29. The summed E-state index contributed by atoms with van der Waals surface area (Å²) < 4.78 is 0. The van der Waals surface area contributed by atoms with Crippen LogP contribution in [-0.4, -0.2) is 18.5 Å². The number of unbranched alkanes of at least 4 members (excludes halogenated alkanes) is 1. The Morgan fingerprint density at radius 1 is 1.28 bits per heavy atom. The van der Waals surface area contributed by atoms with Crippen LogP contribution in [0.4, 0.5) is 0 Å². The van der Waals surface area contributed by atoms with E-state index >= 15 is 0 Å². The first kappa shape index (κ1) is 17.3. The van der Waals surface area contributed by atoms with Gasteiger partial charge in [0.25, 0.3) is 0 Å². The van der Waals surface area contributed by atoms with Crippen molar-refractivity contribution in [3.05, 3.63) is 24.4 Å². The molecule has 0 fully saturated rings. The molecule has 0 aromatic carbocycles. The van der Waals surface area contributed by atoms with Crippen LogP contribution >= 0.6 is 0 Å². The molecule has 1 unspecified atom stereocenters. The molecular weight excluding hydrogens is 218 g/mol. The zero-order valence-corrected chi connectivity index (χ0v) is 13.4. The monoisotopic (exact) mass is 251 g/mol. The van der Waals surface area contributed by atoms with Crippen molar-refractivity contribution in [2.24, 2.45) is 11.3 Å². The first-order chi connectivity index (χ1) is 8.26. The number of hydrogen-bond acceptors (Lipinski definition) is 1. The normalized spacial score (nSPS) is 13.9. The number of allylic oxidation sites excluding steroid dienone is 3. The average molecular weight is 251 g/mol. The van der Waals surface area contributed by atoms with Crippen molar-refractivity contribution in [1.29, 1.82) is 0 Å². The van der Waals surface area contributed by atoms with E-state index in [4.69, 9.17) is 0 Å². The fourth-order valence-electron chi connectivity index (χ4n) is 2.23. The summed E-state index contributed by atoms with van der Waals surface area (Å²) in [6.07, 6.45) is 9.43. The minimum atomic E-state index is 0.345. The van der Waals surface area contributed by atoms with Gasteiger partial charge in [0.1, 0.15) is 0 Å². The summed E-state index contributed by atoms with van der Waals surface area (Å²) in [5.41, 5.74) is 1.63. The van der Waals surface area contributed by atoms with Crippen molar-refractivity contribution in [1.82, 2.24) is 4.90 Å². The Morgan fingerprint density at radius 3 is 2.39 bits per heavy atom. The van der Waals surface area contributed by atoms with Crippen molar-refractivity contribution in [3.63, 3.8) is 0 Å². The topological polar surface area (TPSA) is 3.24 Å². The highest BCUT2D eigenvalue weighted by Gasteiger charge is 2.14. The van der Waals surface area contributed by atoms with Crippen LogP contribution in [0.3, 0.4) is 0 Å². The fourth-order valence-corrected chi connectivity index (χ4v) is 2.23. The van der Waals surface area contributed by atoms with E-state index < -0.39 is 0 Å². The molecule has 106 valence electrons. The van der Waals surface area contributed by atoms with Crippen molar-refractivity contribution in [2.45, 2.75) is 60.3 Å². The van der Waals surface area contributed by atoms with Gasteiger partial charge in [-0.25, -0.2) is 0 Å². The molecular formula is C17H33N. The van der Waals surface area contributed by atoms with Crippen LogP contribution in [0.2, 0.25) is 0 Å². The van der Waals surface area contributed by atoms with Crippen LogP contribution in [-0.2, 0) is 0 Å². The zero-order valence-electron chi connectivity index (χ0n) is 13.4. The molecule has 0 aliphatic heterocycles. The van der Waals surface area contributed by atoms with E-state index in [0.717, 1.165) is 18.9 Å². The SMILES string of the molecule is C=C(CCCCC(C)/C=C\C)N(C)CC(C)(C)C. The Balaban J connectivity index is 3.77. The highest BCUT2D eigenvalue weighted by Crippen LogP contribution is 2.19. The number of rotatable bonds is 8. The molecule has 18 heavy (non-hydrogen) atoms. The van der Waals surface area contributed by atoms with E-state index in [1.807, 2.05) is 0 Å². The summed E-state index contributed by atoms with van der Waals surface area (Å²) >= 11 is 0. The molecule has 0 N–H and O–H groups in total. The summed E-state index contributed by atoms with van der Waals surface area (Å²) in [6, 6.07) is 0. The van der Waals surface area contributed by atoms with Gasteiger partial charge in [-0.05, 0) is 37.5 Å². The molecule has 0 rings (SSSR count). The predicted octanol–water partition coefficient (Wildman–Crippen LogP) is 5.25. The summed E-state index contributed by atoms with van der Waals surface area (Å²) in [4.78, 5) is 2.31. The third kappa shape index (κ3) is 9.32. The summed E-state index contributed by atoms with van der Waals surface area (Å²) in [5.74, 6) is 0.718. The van der Waals surface area contributed by atoms with Crippen LogP contribution in [0.25, 0.3) is 0 Å². The minimum Gasteiger partial charge on any atom is -0.378 e. The molecule has 0 aromatic rings. The van der Waals surface area contributed by atoms with Crippen LogP contribution in [0, 0.1) is 11.3 Å². The second kappa shape index (κ2) is 8.39. The third-order valence-electron chi connectivity index (χ3n) is 3.15. The lowest BCUT2D eigenvalue weighted by Crippen LogP contribution is -2.28. The van der Waals surface area contributed by atoms with Gasteiger partial charge in [-0.1, -0.05) is 52.8 Å². The molecule has 0 aliphatic rings. The van der Waals surface area contributed by atoms with Gasteiger partial charge in [0.15, 0.2) is 0 Å². The molecule has 1 nitrogen and oxygen atoms in total. The average Bonchev–Trinajstić information content (AvgIpc) is 2.22. The first-order valence-corrected chi connectivity index (χ1v) is 7.28. The molecule has 0 amide bonds. The highest BCUT2D eigenvalue weighted by molar-refractivity contribution is 4.93. The van der Waals surface area contributed by atoms with Crippen molar-refractivity contribution in [2.75, 3.05) is 13.6 Å². The molecule has 0 spiro atoms. The largest absolute Gasteiger partial charge is 0.378 e. The van der Waals surface area contributed by atoms with Crippen molar-refractivity contribution < 1.29 is 0 Å². The smallest absolute Gasteiger partial charge is 0.0220 e. The number of hydrogen-bond donors (Lipinski definition) is 0. The van der Waals surface area contributed by atoms with Gasteiger partial charge in [0.2, 0.25) is 0 Å². The second-order valence-corrected chi connectivity index (χ2v) is 6.73. The Kier molecular flexibility index (Phi) is 8.06. The molecule has 0 saturated carbocycles. The summed E-state index contributed by atoms with van der Waals surface area (Å²) in [6.45, 7) is 16.5. The summed E-state index contributed by atoms with van der Waals surface area (Å²) in [5, 5.41) is 0. The van der Waals surface area contributed by atoms with E-state index in [1.54, 1.807) is 0 Å². The van der Waals surface area contributed by atoms with E-state index in [-0.39, 0.29) is 0 Å². The van der Waals surface area contributed by atoms with Gasteiger partial charge in [0, 0.05) is 19.3 Å². The predicted molar refractivity (Wildman–Crippen MR) is 83.7 cm³/mol. The summed E-state index contributed by atoms with van der Waals surface area (Å²) in [7, 11) is 2.16. The zero-order chi connectivity index (χ0) is 14.2. The van der Waals surface area contributed by atoms with Crippen LogP contribution < -0.4 is 0 Å². The van der Waals surface area contributed by atoms with Gasteiger partial charge in [0.05, 0.1) is 0 Å². The molecule has 0 heterocycles. The Labute approximate surface area is 115 Å². The lowest BCUT2D eigenvalue weighted by molar-refractivity contribution is 0.262. The maximum Gasteiger partial charge on any atom is 0.0220 e. The molecule has 0 saturated heterocycles. The van der Waals surface area contributed by atoms with Crippen LogP contribution in [0.1, 0.15) is 60.3 Å². The van der Waals surface area contributed by atoms with E-state index in [2.05, 4.69) is 65.3 Å². The lowest BCUT2D eigenvalue weighted by atomic mass is 9.95. The Bertz CT molecular complexity index is 257. The quantitative estimate of drug-likeness (QED) is 0.420. The molecule has 1 atom stereocenters. The van der Waals surface area contributed by atoms with Gasteiger partial charge in [-0.2, -0.15) is 0 Å². The Morgan fingerprint density at radius 2 is 1.89 bits per heavy atom. The molecule has 0 aliphatic carbocycles. The maximum atomic E-state index is 4.20. The third-order valence-corrected chi connectivity index (χ3v) is 3.15. The molecule has 0 aromatic heterocycles. The van der Waals surface area contributed by atoms with Crippen LogP contribution in [0.15, 0.2) is 24.4 Å². The van der Waals surface area contributed by atoms with Crippen LogP contribution in [0.5, 0.6) is 0 Å². The molecule has 0 bridgehead atoms. The standard InChI is InChI=1S/C17H33N/c1-8-11-15(2)12-9-10-13-16(3)18(7)14-17(4,5)6/h8,11,15H,3,9-10,12-14H2,1-2,4-7H3/b11-8-. The second-order valence-electron chi connectivity index (χ2n) is 6.73. The van der Waals surface area contributed by atoms with Gasteiger partial charge >= 0.3 is 0 Å². The maximum absolute atomic E-state index is 4.20. The van der Waals surface area contributed by atoms with Gasteiger partial charge in [-0.3, -0.25) is 0 Å². The van der Waals surface area contributed by atoms with Crippen molar-refractivity contribution >= 4 is 0 Å². The highest BCUT2D eigenvalue weighted by atomic mass is 15.1. The fraction of sp³-hybridized carbons (Fsp3) is 0.765. The van der Waals surface area contributed by atoms with E-state index in [0.29, 0.717) is 5.41 Å². The molecule has 1 heteroatoms.